The van der Waals surface area contributed by atoms with Crippen LogP contribution in [0.1, 0.15) is 51.0 Å². The molecule has 1 N–H and O–H groups in total. The van der Waals surface area contributed by atoms with Crippen LogP contribution in [0.5, 0.6) is 0 Å². The summed E-state index contributed by atoms with van der Waals surface area (Å²) in [6.45, 7) is 3.22. The fourth-order valence-corrected chi connectivity index (χ4v) is 4.26. The Morgan fingerprint density at radius 1 is 1.24 bits per heavy atom. The van der Waals surface area contributed by atoms with E-state index in [-0.39, 0.29) is 17.9 Å². The Kier molecular flexibility index (Phi) is 4.23. The molecule has 134 valence electrons. The van der Waals surface area contributed by atoms with Crippen LogP contribution >= 0.6 is 0 Å². The van der Waals surface area contributed by atoms with Crippen molar-refractivity contribution in [1.82, 2.24) is 20.1 Å². The lowest BCUT2D eigenvalue weighted by atomic mass is 9.73. The molecule has 2 saturated carbocycles. The van der Waals surface area contributed by atoms with Gasteiger partial charge in [-0.1, -0.05) is 19.8 Å². The number of urea groups is 1. The van der Waals surface area contributed by atoms with Gasteiger partial charge in [-0.15, -0.1) is 0 Å². The number of pyridine rings is 1. The molecule has 1 aromatic rings. The lowest BCUT2D eigenvalue weighted by molar-refractivity contribution is -0.135. The number of amides is 3. The number of aromatic nitrogens is 1. The van der Waals surface area contributed by atoms with Crippen LogP contribution in [-0.2, 0) is 11.3 Å². The summed E-state index contributed by atoms with van der Waals surface area (Å²) in [5.74, 6) is 0.183. The highest BCUT2D eigenvalue weighted by molar-refractivity contribution is 6.07. The van der Waals surface area contributed by atoms with E-state index < -0.39 is 5.54 Å². The van der Waals surface area contributed by atoms with Gasteiger partial charge in [0, 0.05) is 25.0 Å². The highest BCUT2D eigenvalue weighted by atomic mass is 16.2. The minimum Gasteiger partial charge on any atom is -0.323 e. The van der Waals surface area contributed by atoms with Gasteiger partial charge in [-0.05, 0) is 49.3 Å². The van der Waals surface area contributed by atoms with Crippen LogP contribution in [0, 0.1) is 5.92 Å². The minimum atomic E-state index is -0.665. The normalized spacial score (nSPS) is 29.5. The average molecular weight is 342 g/mol. The summed E-state index contributed by atoms with van der Waals surface area (Å²) in [7, 11) is 0. The Balaban J connectivity index is 1.50. The quantitative estimate of drug-likeness (QED) is 0.835. The predicted molar refractivity (Wildman–Crippen MR) is 93.4 cm³/mol. The third-order valence-electron chi connectivity index (χ3n) is 6.02. The first-order valence-corrected chi connectivity index (χ1v) is 9.37. The van der Waals surface area contributed by atoms with Gasteiger partial charge in [-0.3, -0.25) is 14.7 Å². The van der Waals surface area contributed by atoms with E-state index in [9.17, 15) is 9.59 Å². The summed E-state index contributed by atoms with van der Waals surface area (Å²) < 4.78 is 0. The molecule has 0 radical (unpaired) electrons. The lowest BCUT2D eigenvalue weighted by Crippen LogP contribution is -2.54. The molecule has 0 bridgehead atoms. The number of nitrogens with zero attached hydrogens (tertiary/aromatic N) is 3. The highest BCUT2D eigenvalue weighted by Gasteiger charge is 2.55. The predicted octanol–water partition coefficient (Wildman–Crippen LogP) is 2.50. The maximum absolute atomic E-state index is 13.1. The fraction of sp³-hybridized carbons (Fsp3) is 0.632. The van der Waals surface area contributed by atoms with E-state index in [0.29, 0.717) is 12.7 Å². The van der Waals surface area contributed by atoms with Crippen LogP contribution in [0.25, 0.3) is 0 Å². The molecular weight excluding hydrogens is 316 g/mol. The van der Waals surface area contributed by atoms with Gasteiger partial charge in [0.1, 0.15) is 5.54 Å². The number of rotatable bonds is 5. The molecule has 1 saturated heterocycles. The van der Waals surface area contributed by atoms with Gasteiger partial charge in [0.25, 0.3) is 5.91 Å². The van der Waals surface area contributed by atoms with Crippen molar-refractivity contribution in [3.05, 3.63) is 30.1 Å². The first kappa shape index (κ1) is 16.5. The van der Waals surface area contributed by atoms with E-state index in [1.54, 1.807) is 12.4 Å². The van der Waals surface area contributed by atoms with Crippen LogP contribution in [0.3, 0.4) is 0 Å². The molecule has 6 nitrogen and oxygen atoms in total. The van der Waals surface area contributed by atoms with Gasteiger partial charge < -0.3 is 5.32 Å². The van der Waals surface area contributed by atoms with E-state index in [4.69, 9.17) is 0 Å². The van der Waals surface area contributed by atoms with Crippen molar-refractivity contribution in [2.75, 3.05) is 6.67 Å². The maximum Gasteiger partial charge on any atom is 0.326 e. The second-order valence-electron chi connectivity index (χ2n) is 7.76. The lowest BCUT2D eigenvalue weighted by Gasteiger charge is -2.37. The average Bonchev–Trinajstić information content (AvgIpc) is 3.42. The van der Waals surface area contributed by atoms with E-state index in [0.717, 1.165) is 50.6 Å². The summed E-state index contributed by atoms with van der Waals surface area (Å²) in [4.78, 5) is 33.5. The van der Waals surface area contributed by atoms with Gasteiger partial charge in [0.05, 0.1) is 6.67 Å². The summed E-state index contributed by atoms with van der Waals surface area (Å²) in [6.07, 6.45) is 9.76. The molecule has 0 unspecified atom stereocenters. The second-order valence-corrected chi connectivity index (χ2v) is 7.76. The molecule has 3 aliphatic rings. The van der Waals surface area contributed by atoms with Crippen LogP contribution < -0.4 is 5.32 Å². The van der Waals surface area contributed by atoms with Crippen molar-refractivity contribution in [3.63, 3.8) is 0 Å². The summed E-state index contributed by atoms with van der Waals surface area (Å²) in [6, 6.07) is 4.23. The molecule has 3 amide bonds. The van der Waals surface area contributed by atoms with E-state index in [1.807, 2.05) is 12.1 Å². The molecule has 1 spiro atoms. The zero-order valence-electron chi connectivity index (χ0n) is 14.8. The van der Waals surface area contributed by atoms with Gasteiger partial charge in [-0.25, -0.2) is 9.69 Å². The molecule has 1 aliphatic heterocycles. The monoisotopic (exact) mass is 342 g/mol. The van der Waals surface area contributed by atoms with Gasteiger partial charge in [0.15, 0.2) is 0 Å². The molecule has 2 atom stereocenters. The van der Waals surface area contributed by atoms with Crippen molar-refractivity contribution < 1.29 is 9.59 Å². The molecule has 2 heterocycles. The van der Waals surface area contributed by atoms with Crippen molar-refractivity contribution in [1.29, 1.82) is 0 Å². The third-order valence-corrected chi connectivity index (χ3v) is 6.02. The summed E-state index contributed by atoms with van der Waals surface area (Å²) >= 11 is 0. The SMILES string of the molecule is C[C@H]1CCCC[C@]12NC(=O)N(CN(Cc1ccncc1)C1CC1)C2=O. The van der Waals surface area contributed by atoms with Crippen molar-refractivity contribution in [3.8, 4) is 0 Å². The number of carbonyl (C=O) groups excluding carboxylic acids is 2. The Hall–Kier alpha value is -1.95. The van der Waals surface area contributed by atoms with Gasteiger partial charge in [0.2, 0.25) is 0 Å². The zero-order valence-corrected chi connectivity index (χ0v) is 14.8. The molecule has 0 aromatic carbocycles. The molecule has 2 aliphatic carbocycles. The first-order valence-electron chi connectivity index (χ1n) is 9.37. The Bertz CT molecular complexity index is 661. The Morgan fingerprint density at radius 2 is 2.00 bits per heavy atom. The summed E-state index contributed by atoms with van der Waals surface area (Å²) in [5, 5.41) is 3.05. The Morgan fingerprint density at radius 3 is 2.68 bits per heavy atom. The zero-order chi connectivity index (χ0) is 17.4. The smallest absolute Gasteiger partial charge is 0.323 e. The van der Waals surface area contributed by atoms with Crippen LogP contribution in [0.15, 0.2) is 24.5 Å². The fourth-order valence-electron chi connectivity index (χ4n) is 4.26. The van der Waals surface area contributed by atoms with Crippen LogP contribution in [0.4, 0.5) is 4.79 Å². The number of nitrogens with one attached hydrogen (secondary N) is 1. The third kappa shape index (κ3) is 3.03. The highest BCUT2D eigenvalue weighted by Crippen LogP contribution is 2.39. The number of imide groups is 1. The van der Waals surface area contributed by atoms with Crippen molar-refractivity contribution in [2.45, 2.75) is 63.6 Å². The number of carbonyl (C=O) groups is 2. The maximum atomic E-state index is 13.1. The minimum absolute atomic E-state index is 0.0231. The molecular formula is C19H26N4O2. The van der Waals surface area contributed by atoms with Crippen molar-refractivity contribution in [2.24, 2.45) is 5.92 Å². The second kappa shape index (κ2) is 6.41. The van der Waals surface area contributed by atoms with Crippen molar-refractivity contribution >= 4 is 11.9 Å². The Labute approximate surface area is 148 Å². The first-order chi connectivity index (χ1) is 12.1. The number of hydrogen-bond acceptors (Lipinski definition) is 4. The standard InChI is InChI=1S/C19H26N4O2/c1-14-4-2-3-9-19(14)17(24)23(18(25)21-19)13-22(16-5-6-16)12-15-7-10-20-11-8-15/h7-8,10-11,14,16H,2-6,9,12-13H2,1H3,(H,21,25)/t14-,19-/m0/s1. The van der Waals surface area contributed by atoms with Crippen LogP contribution in [0.2, 0.25) is 0 Å². The molecule has 6 heteroatoms. The molecule has 1 aromatic heterocycles. The summed E-state index contributed by atoms with van der Waals surface area (Å²) in [5.41, 5.74) is 0.496. The van der Waals surface area contributed by atoms with E-state index in [1.165, 1.54) is 4.90 Å². The molecule has 4 rings (SSSR count). The largest absolute Gasteiger partial charge is 0.326 e. The van der Waals surface area contributed by atoms with Gasteiger partial charge in [-0.2, -0.15) is 0 Å². The number of hydrogen-bond donors (Lipinski definition) is 1. The molecule has 3 fully saturated rings. The van der Waals surface area contributed by atoms with Gasteiger partial charge >= 0.3 is 6.03 Å². The molecule has 25 heavy (non-hydrogen) atoms. The van der Waals surface area contributed by atoms with Crippen LogP contribution in [-0.4, -0.2) is 45.0 Å². The van der Waals surface area contributed by atoms with E-state index in [2.05, 4.69) is 22.1 Å². The van der Waals surface area contributed by atoms with E-state index >= 15 is 0 Å². The topological polar surface area (TPSA) is 65.5 Å².